The van der Waals surface area contributed by atoms with Crippen molar-refractivity contribution in [3.05, 3.63) is 33.8 Å². The number of hydrogen-bond donors (Lipinski definition) is 3. The third kappa shape index (κ3) is 6.54. The molecule has 122 valence electrons. The van der Waals surface area contributed by atoms with Crippen molar-refractivity contribution in [2.75, 3.05) is 6.54 Å². The Morgan fingerprint density at radius 3 is 2.55 bits per heavy atom. The van der Waals surface area contributed by atoms with Crippen molar-refractivity contribution in [2.45, 2.75) is 39.3 Å². The maximum Gasteiger partial charge on any atom is 0.242 e. The van der Waals surface area contributed by atoms with Gasteiger partial charge in [0.1, 0.15) is 6.54 Å². The lowest BCUT2D eigenvalue weighted by Gasteiger charge is -2.20. The summed E-state index contributed by atoms with van der Waals surface area (Å²) < 4.78 is 0. The van der Waals surface area contributed by atoms with E-state index < -0.39 is 0 Å². The normalized spacial score (nSPS) is 13.6. The predicted molar refractivity (Wildman–Crippen MR) is 92.4 cm³/mol. The number of amides is 1. The molecule has 0 spiro atoms. The molecule has 4 N–H and O–H groups in total. The van der Waals surface area contributed by atoms with Gasteiger partial charge in [-0.15, -0.1) is 0 Å². The minimum Gasteiger partial charge on any atom is -0.370 e. The van der Waals surface area contributed by atoms with E-state index in [1.54, 1.807) is 12.1 Å². The molecule has 0 aliphatic rings. The van der Waals surface area contributed by atoms with Crippen molar-refractivity contribution in [3.63, 3.8) is 0 Å². The third-order valence-corrected chi connectivity index (χ3v) is 3.26. The van der Waals surface area contributed by atoms with Crippen molar-refractivity contribution in [1.29, 1.82) is 0 Å². The van der Waals surface area contributed by atoms with Crippen LogP contribution in [0.15, 0.2) is 23.2 Å². The van der Waals surface area contributed by atoms with Gasteiger partial charge < -0.3 is 16.4 Å². The molecule has 0 aromatic heterocycles. The molecule has 0 radical (unpaired) electrons. The van der Waals surface area contributed by atoms with Crippen LogP contribution in [0.25, 0.3) is 0 Å². The first-order valence-corrected chi connectivity index (χ1v) is 7.66. The Kier molecular flexibility index (Phi) is 6.50. The zero-order valence-corrected chi connectivity index (χ0v) is 14.7. The van der Waals surface area contributed by atoms with Gasteiger partial charge in [0.25, 0.3) is 0 Å². The van der Waals surface area contributed by atoms with Crippen LogP contribution in [-0.4, -0.2) is 24.0 Å². The first-order valence-electron chi connectivity index (χ1n) is 6.91. The molecule has 0 fully saturated rings. The minimum absolute atomic E-state index is 0.0306. The molecule has 1 atom stereocenters. The fourth-order valence-electron chi connectivity index (χ4n) is 1.81. The number of benzene rings is 1. The van der Waals surface area contributed by atoms with E-state index >= 15 is 0 Å². The van der Waals surface area contributed by atoms with E-state index in [4.69, 9.17) is 28.9 Å². The summed E-state index contributed by atoms with van der Waals surface area (Å²) >= 11 is 12.0. The SMILES string of the molecule is CC(NC(N)=NCC(=O)NC(C)(C)C)c1ccc(Cl)cc1Cl. The number of nitrogens with one attached hydrogen (secondary N) is 2. The largest absolute Gasteiger partial charge is 0.370 e. The van der Waals surface area contributed by atoms with Gasteiger partial charge in [-0.2, -0.15) is 0 Å². The van der Waals surface area contributed by atoms with E-state index in [-0.39, 0.29) is 30.0 Å². The lowest BCUT2D eigenvalue weighted by molar-refractivity contribution is -0.121. The lowest BCUT2D eigenvalue weighted by atomic mass is 10.1. The molecule has 0 saturated carbocycles. The smallest absolute Gasteiger partial charge is 0.242 e. The maximum absolute atomic E-state index is 11.7. The second-order valence-electron chi connectivity index (χ2n) is 6.03. The van der Waals surface area contributed by atoms with Gasteiger partial charge in [0.05, 0.1) is 6.04 Å². The molecule has 0 bridgehead atoms. The van der Waals surface area contributed by atoms with Crippen LogP contribution in [0, 0.1) is 0 Å². The molecule has 1 rings (SSSR count). The van der Waals surface area contributed by atoms with Crippen LogP contribution in [0.2, 0.25) is 10.0 Å². The average molecular weight is 345 g/mol. The number of carbonyl (C=O) groups is 1. The highest BCUT2D eigenvalue weighted by Crippen LogP contribution is 2.25. The summed E-state index contributed by atoms with van der Waals surface area (Å²) in [5.41, 5.74) is 6.35. The van der Waals surface area contributed by atoms with Crippen molar-refractivity contribution in [2.24, 2.45) is 10.7 Å². The number of carbonyl (C=O) groups excluding carboxylic acids is 1. The van der Waals surface area contributed by atoms with Crippen LogP contribution in [0.5, 0.6) is 0 Å². The number of hydrogen-bond acceptors (Lipinski definition) is 2. The minimum atomic E-state index is -0.293. The summed E-state index contributed by atoms with van der Waals surface area (Å²) in [4.78, 5) is 15.7. The fraction of sp³-hybridized carbons (Fsp3) is 0.467. The summed E-state index contributed by atoms with van der Waals surface area (Å²) in [6, 6.07) is 5.09. The molecule has 5 nitrogen and oxygen atoms in total. The van der Waals surface area contributed by atoms with E-state index in [9.17, 15) is 4.79 Å². The highest BCUT2D eigenvalue weighted by atomic mass is 35.5. The van der Waals surface area contributed by atoms with Crippen LogP contribution in [0.1, 0.15) is 39.3 Å². The standard InChI is InChI=1S/C15H22Cl2N4O/c1-9(11-6-5-10(16)7-12(11)17)20-14(18)19-8-13(22)21-15(2,3)4/h5-7,9H,8H2,1-4H3,(H,21,22)(H3,18,19,20). The molecule has 1 amide bonds. The van der Waals surface area contributed by atoms with E-state index in [0.29, 0.717) is 10.0 Å². The number of nitrogens with two attached hydrogens (primary N) is 1. The summed E-state index contributed by atoms with van der Waals surface area (Å²) in [5.74, 6) is -0.00277. The summed E-state index contributed by atoms with van der Waals surface area (Å²) in [5, 5.41) is 6.92. The van der Waals surface area contributed by atoms with Gasteiger partial charge in [0, 0.05) is 15.6 Å². The van der Waals surface area contributed by atoms with Gasteiger partial charge in [-0.05, 0) is 45.4 Å². The van der Waals surface area contributed by atoms with Crippen LogP contribution in [0.3, 0.4) is 0 Å². The molecule has 0 aliphatic heterocycles. The number of rotatable bonds is 4. The third-order valence-electron chi connectivity index (χ3n) is 2.70. The van der Waals surface area contributed by atoms with Crippen LogP contribution >= 0.6 is 23.2 Å². The zero-order chi connectivity index (χ0) is 16.9. The Hall–Kier alpha value is -1.46. The van der Waals surface area contributed by atoms with Crippen LogP contribution in [-0.2, 0) is 4.79 Å². The number of halogens is 2. The fourth-order valence-corrected chi connectivity index (χ4v) is 2.38. The highest BCUT2D eigenvalue weighted by molar-refractivity contribution is 6.35. The van der Waals surface area contributed by atoms with Crippen molar-refractivity contribution in [3.8, 4) is 0 Å². The molecule has 0 aliphatic carbocycles. The predicted octanol–water partition coefficient (Wildman–Crippen LogP) is 2.87. The Balaban J connectivity index is 2.61. The van der Waals surface area contributed by atoms with Crippen molar-refractivity contribution < 1.29 is 4.79 Å². The molecule has 1 unspecified atom stereocenters. The van der Waals surface area contributed by atoms with Gasteiger partial charge in [-0.1, -0.05) is 29.3 Å². The molecule has 22 heavy (non-hydrogen) atoms. The Morgan fingerprint density at radius 1 is 1.36 bits per heavy atom. The van der Waals surface area contributed by atoms with E-state index in [1.165, 1.54) is 0 Å². The van der Waals surface area contributed by atoms with E-state index in [2.05, 4.69) is 15.6 Å². The lowest BCUT2D eigenvalue weighted by Crippen LogP contribution is -2.42. The molecule has 0 heterocycles. The number of guanidine groups is 1. The summed E-state index contributed by atoms with van der Waals surface area (Å²) in [7, 11) is 0. The van der Waals surface area contributed by atoms with Gasteiger partial charge in [-0.25, -0.2) is 4.99 Å². The Labute approximate surface area is 141 Å². The van der Waals surface area contributed by atoms with Gasteiger partial charge in [0.15, 0.2) is 5.96 Å². The van der Waals surface area contributed by atoms with Crippen molar-refractivity contribution >= 4 is 35.1 Å². The second-order valence-corrected chi connectivity index (χ2v) is 6.88. The highest BCUT2D eigenvalue weighted by Gasteiger charge is 2.14. The van der Waals surface area contributed by atoms with E-state index in [0.717, 1.165) is 5.56 Å². The zero-order valence-electron chi connectivity index (χ0n) is 13.2. The van der Waals surface area contributed by atoms with Crippen LogP contribution in [0.4, 0.5) is 0 Å². The molecule has 1 aromatic rings. The summed E-state index contributed by atoms with van der Waals surface area (Å²) in [6.45, 7) is 7.58. The second kappa shape index (κ2) is 7.70. The molecule has 1 aromatic carbocycles. The van der Waals surface area contributed by atoms with Gasteiger partial charge in [0.2, 0.25) is 5.91 Å². The molecule has 0 saturated heterocycles. The topological polar surface area (TPSA) is 79.5 Å². The van der Waals surface area contributed by atoms with Gasteiger partial charge >= 0.3 is 0 Å². The van der Waals surface area contributed by atoms with E-state index in [1.807, 2.05) is 33.8 Å². The first kappa shape index (κ1) is 18.6. The Bertz CT molecular complexity index is 567. The van der Waals surface area contributed by atoms with Crippen LogP contribution < -0.4 is 16.4 Å². The first-order chi connectivity index (χ1) is 10.1. The number of nitrogens with zero attached hydrogens (tertiary/aromatic N) is 1. The quantitative estimate of drug-likeness (QED) is 0.580. The number of aliphatic imine (C=N–C) groups is 1. The maximum atomic E-state index is 11.7. The summed E-state index contributed by atoms with van der Waals surface area (Å²) in [6.07, 6.45) is 0. The average Bonchev–Trinajstić information content (AvgIpc) is 2.34. The Morgan fingerprint density at radius 2 is 2.00 bits per heavy atom. The molecular weight excluding hydrogens is 323 g/mol. The molecule has 7 heteroatoms. The molecular formula is C15H22Cl2N4O. The van der Waals surface area contributed by atoms with Gasteiger partial charge in [-0.3, -0.25) is 4.79 Å². The monoisotopic (exact) mass is 344 g/mol. The van der Waals surface area contributed by atoms with Crippen molar-refractivity contribution in [1.82, 2.24) is 10.6 Å².